The zero-order chi connectivity index (χ0) is 8.95. The van der Waals surface area contributed by atoms with E-state index in [-0.39, 0.29) is 14.9 Å². The van der Waals surface area contributed by atoms with Gasteiger partial charge in [-0.2, -0.15) is 0 Å². The Labute approximate surface area is 84.9 Å². The maximum atomic E-state index is 4.61. The molecule has 0 bridgehead atoms. The highest BCUT2D eigenvalue weighted by molar-refractivity contribution is 4.94. The zero-order valence-corrected chi connectivity index (χ0v) is 7.82. The summed E-state index contributed by atoms with van der Waals surface area (Å²) in [6, 6.07) is 0. The average Bonchev–Trinajstić information content (AvgIpc) is 2.04. The van der Waals surface area contributed by atoms with Crippen LogP contribution in [-0.2, 0) is 4.74 Å². The molecule has 1 heteroatoms. The molecule has 0 fully saturated rings. The average molecular weight is 184 g/mol. The molecule has 0 unspecified atom stereocenters. The van der Waals surface area contributed by atoms with Crippen LogP contribution in [0.15, 0.2) is 0 Å². The van der Waals surface area contributed by atoms with Gasteiger partial charge >= 0.3 is 0 Å². The lowest BCUT2D eigenvalue weighted by Gasteiger charge is -1.78. The van der Waals surface area contributed by atoms with Crippen molar-refractivity contribution in [2.75, 3.05) is 13.7 Å². The van der Waals surface area contributed by atoms with E-state index in [0.29, 0.717) is 6.61 Å². The van der Waals surface area contributed by atoms with E-state index in [1.54, 1.807) is 14.0 Å². The van der Waals surface area contributed by atoms with Crippen molar-refractivity contribution in [2.24, 2.45) is 0 Å². The van der Waals surface area contributed by atoms with Crippen LogP contribution in [0.4, 0.5) is 0 Å². The molecule has 78 valence electrons. The third kappa shape index (κ3) is 54.9. The molecule has 0 aromatic heterocycles. The van der Waals surface area contributed by atoms with Gasteiger partial charge in [0.1, 0.15) is 6.61 Å². The maximum Gasteiger partial charge on any atom is 0.107 e. The Hall–Kier alpha value is -0.920. The summed E-state index contributed by atoms with van der Waals surface area (Å²) in [6.07, 6.45) is 0.983. The number of hydrogen-bond donors (Lipinski definition) is 0. The van der Waals surface area contributed by atoms with E-state index in [0.717, 1.165) is 6.42 Å². The fourth-order valence-corrected chi connectivity index (χ4v) is 0.321. The SMILES string of the molecule is C.C.CC#CCC.CC#CCOC. The van der Waals surface area contributed by atoms with Gasteiger partial charge in [-0.3, -0.25) is 0 Å². The second kappa shape index (κ2) is 30.5. The molecule has 0 aliphatic rings. The third-order valence-electron chi connectivity index (χ3n) is 0.747. The topological polar surface area (TPSA) is 9.23 Å². The minimum absolute atomic E-state index is 0. The first-order chi connectivity index (χ1) is 5.33. The van der Waals surface area contributed by atoms with Gasteiger partial charge in [-0.1, -0.05) is 27.7 Å². The van der Waals surface area contributed by atoms with Crippen LogP contribution in [0, 0.1) is 23.7 Å². The van der Waals surface area contributed by atoms with Gasteiger partial charge in [-0.15, -0.1) is 17.8 Å². The van der Waals surface area contributed by atoms with Crippen molar-refractivity contribution in [3.8, 4) is 23.7 Å². The van der Waals surface area contributed by atoms with Crippen LogP contribution in [0.5, 0.6) is 0 Å². The van der Waals surface area contributed by atoms with E-state index in [2.05, 4.69) is 28.4 Å². The largest absolute Gasteiger partial charge is 0.372 e. The highest BCUT2D eigenvalue weighted by atomic mass is 16.5. The van der Waals surface area contributed by atoms with Gasteiger partial charge in [0.15, 0.2) is 0 Å². The molecule has 0 N–H and O–H groups in total. The van der Waals surface area contributed by atoms with Crippen LogP contribution < -0.4 is 0 Å². The lowest BCUT2D eigenvalue weighted by atomic mass is 10.5. The second-order valence-electron chi connectivity index (χ2n) is 1.64. The Balaban J connectivity index is -0.0000000546. The van der Waals surface area contributed by atoms with Crippen LogP contribution in [0.1, 0.15) is 42.0 Å². The first kappa shape index (κ1) is 22.7. The predicted octanol–water partition coefficient (Wildman–Crippen LogP) is 3.35. The molecular weight excluding hydrogens is 160 g/mol. The molecule has 0 aromatic rings. The Morgan fingerprint density at radius 3 is 1.54 bits per heavy atom. The maximum absolute atomic E-state index is 4.61. The van der Waals surface area contributed by atoms with E-state index >= 15 is 0 Å². The van der Waals surface area contributed by atoms with Crippen molar-refractivity contribution in [2.45, 2.75) is 42.0 Å². The standard InChI is InChI=1S/C5H8O.C5H8.2CH4/c1-3-4-5-6-2;1-3-5-4-2;;/h5H2,1-2H3;3H2,1-2H3;2*1H4. The Morgan fingerprint density at radius 1 is 1.00 bits per heavy atom. The van der Waals surface area contributed by atoms with Crippen molar-refractivity contribution < 1.29 is 4.74 Å². The summed E-state index contributed by atoms with van der Waals surface area (Å²) in [5, 5.41) is 0. The number of ether oxygens (including phenoxy) is 1. The van der Waals surface area contributed by atoms with Gasteiger partial charge in [-0.25, -0.2) is 0 Å². The molecule has 0 aromatic carbocycles. The number of rotatable bonds is 1. The summed E-state index contributed by atoms with van der Waals surface area (Å²) in [6.45, 7) is 6.23. The summed E-state index contributed by atoms with van der Waals surface area (Å²) < 4.78 is 4.61. The molecule has 0 spiro atoms. The summed E-state index contributed by atoms with van der Waals surface area (Å²) in [7, 11) is 1.63. The van der Waals surface area contributed by atoms with Gasteiger partial charge in [0.05, 0.1) is 0 Å². The number of methoxy groups -OCH3 is 1. The molecule has 0 amide bonds. The minimum Gasteiger partial charge on any atom is -0.372 e. The molecule has 0 radical (unpaired) electrons. The molecule has 1 nitrogen and oxygen atoms in total. The van der Waals surface area contributed by atoms with Crippen LogP contribution in [-0.4, -0.2) is 13.7 Å². The van der Waals surface area contributed by atoms with Crippen molar-refractivity contribution >= 4 is 0 Å². The molecule has 0 heterocycles. The zero-order valence-electron chi connectivity index (χ0n) is 7.82. The summed E-state index contributed by atoms with van der Waals surface area (Å²) in [5.74, 6) is 11.0. The van der Waals surface area contributed by atoms with Crippen LogP contribution >= 0.6 is 0 Å². The smallest absolute Gasteiger partial charge is 0.107 e. The summed E-state index contributed by atoms with van der Waals surface area (Å²) in [4.78, 5) is 0. The van der Waals surface area contributed by atoms with Crippen molar-refractivity contribution in [1.82, 2.24) is 0 Å². The highest BCUT2D eigenvalue weighted by Crippen LogP contribution is 1.62. The van der Waals surface area contributed by atoms with E-state index in [9.17, 15) is 0 Å². The molecule has 0 saturated carbocycles. The van der Waals surface area contributed by atoms with Gasteiger partial charge in [-0.05, 0) is 13.8 Å². The van der Waals surface area contributed by atoms with E-state index in [4.69, 9.17) is 0 Å². The minimum atomic E-state index is 0. The molecule has 0 aliphatic heterocycles. The number of hydrogen-bond acceptors (Lipinski definition) is 1. The third-order valence-corrected chi connectivity index (χ3v) is 0.747. The molecule has 0 rings (SSSR count). The molecule has 0 aliphatic carbocycles. The summed E-state index contributed by atoms with van der Waals surface area (Å²) >= 11 is 0. The second-order valence-corrected chi connectivity index (χ2v) is 1.64. The fourth-order valence-electron chi connectivity index (χ4n) is 0.321. The van der Waals surface area contributed by atoms with Gasteiger partial charge in [0, 0.05) is 13.5 Å². The normalized spacial score (nSPS) is 4.92. The molecule has 0 saturated heterocycles. The first-order valence-corrected chi connectivity index (χ1v) is 3.61. The predicted molar refractivity (Wildman–Crippen MR) is 62.5 cm³/mol. The van der Waals surface area contributed by atoms with E-state index in [1.165, 1.54) is 0 Å². The quantitative estimate of drug-likeness (QED) is 0.568. The van der Waals surface area contributed by atoms with Gasteiger partial charge in [0.2, 0.25) is 0 Å². The van der Waals surface area contributed by atoms with Crippen molar-refractivity contribution in [3.63, 3.8) is 0 Å². The van der Waals surface area contributed by atoms with Crippen LogP contribution in [0.3, 0.4) is 0 Å². The fraction of sp³-hybridized carbons (Fsp3) is 0.667. The summed E-state index contributed by atoms with van der Waals surface area (Å²) in [5.41, 5.74) is 0. The highest BCUT2D eigenvalue weighted by Gasteiger charge is 1.60. The van der Waals surface area contributed by atoms with Gasteiger partial charge in [0.25, 0.3) is 0 Å². The Morgan fingerprint density at radius 2 is 1.46 bits per heavy atom. The Bertz CT molecular complexity index is 161. The Kier molecular flexibility index (Phi) is 53.2. The lowest BCUT2D eigenvalue weighted by Crippen LogP contribution is -1.78. The lowest BCUT2D eigenvalue weighted by molar-refractivity contribution is 0.240. The molecular formula is C12H24O. The first-order valence-electron chi connectivity index (χ1n) is 3.61. The molecule has 13 heavy (non-hydrogen) atoms. The molecule has 0 atom stereocenters. The van der Waals surface area contributed by atoms with Crippen LogP contribution in [0.2, 0.25) is 0 Å². The van der Waals surface area contributed by atoms with Crippen LogP contribution in [0.25, 0.3) is 0 Å². The van der Waals surface area contributed by atoms with E-state index < -0.39 is 0 Å². The van der Waals surface area contributed by atoms with E-state index in [1.807, 2.05) is 13.8 Å². The monoisotopic (exact) mass is 184 g/mol. The van der Waals surface area contributed by atoms with Gasteiger partial charge < -0.3 is 4.74 Å². The van der Waals surface area contributed by atoms with Crippen molar-refractivity contribution in [1.29, 1.82) is 0 Å². The van der Waals surface area contributed by atoms with Crippen molar-refractivity contribution in [3.05, 3.63) is 0 Å².